The molecule has 1 aliphatic heterocycles. The Balaban J connectivity index is 2.09. The van der Waals surface area contributed by atoms with Crippen molar-refractivity contribution in [3.8, 4) is 11.5 Å². The van der Waals surface area contributed by atoms with Gasteiger partial charge in [-0.05, 0) is 51.5 Å². The molecule has 4 rings (SSSR count). The quantitative estimate of drug-likeness (QED) is 0.330. The summed E-state index contributed by atoms with van der Waals surface area (Å²) in [5.41, 5.74) is 0.122. The molecule has 3 aromatic rings. The lowest BCUT2D eigenvalue weighted by Gasteiger charge is -2.32. The highest BCUT2D eigenvalue weighted by atomic mass is 16.5. The Morgan fingerprint density at radius 1 is 1.29 bits per heavy atom. The van der Waals surface area contributed by atoms with Gasteiger partial charge in [0.25, 0.3) is 0 Å². The first-order valence-electron chi connectivity index (χ1n) is 11.0. The highest BCUT2D eigenvalue weighted by Gasteiger charge is 2.37. The molecule has 8 nitrogen and oxygen atoms in total. The summed E-state index contributed by atoms with van der Waals surface area (Å²) in [5.74, 6) is -0.321. The van der Waals surface area contributed by atoms with Gasteiger partial charge in [0, 0.05) is 24.2 Å². The van der Waals surface area contributed by atoms with Crippen molar-refractivity contribution >= 4 is 21.9 Å². The smallest absolute Gasteiger partial charge is 0.204 e. The second kappa shape index (κ2) is 8.39. The minimum absolute atomic E-state index is 0.0228. The van der Waals surface area contributed by atoms with Crippen molar-refractivity contribution < 1.29 is 34.3 Å². The van der Waals surface area contributed by atoms with E-state index in [4.69, 9.17) is 13.9 Å². The SMILES string of the molecule is C=C(C)[C@H]1COc2c(C)cc3oc4c([C@@H](OC)[C@@H](O)C(C)(C)O)ccc(O)c4c(=O)c3c2[C@@H]1O. The Bertz CT molecular complexity index is 1350. The average molecular weight is 471 g/mol. The van der Waals surface area contributed by atoms with Crippen LogP contribution in [0.2, 0.25) is 0 Å². The molecule has 1 aromatic heterocycles. The van der Waals surface area contributed by atoms with E-state index < -0.39 is 35.3 Å². The number of methoxy groups -OCH3 is 1. The maximum Gasteiger partial charge on any atom is 0.204 e. The van der Waals surface area contributed by atoms with E-state index in [1.54, 1.807) is 19.9 Å². The summed E-state index contributed by atoms with van der Waals surface area (Å²) in [5, 5.41) is 42.8. The molecule has 0 saturated carbocycles. The van der Waals surface area contributed by atoms with Gasteiger partial charge in [-0.1, -0.05) is 12.2 Å². The summed E-state index contributed by atoms with van der Waals surface area (Å²) in [4.78, 5) is 13.8. The van der Waals surface area contributed by atoms with Crippen LogP contribution in [0.5, 0.6) is 11.5 Å². The van der Waals surface area contributed by atoms with Crippen LogP contribution in [0, 0.1) is 12.8 Å². The van der Waals surface area contributed by atoms with Gasteiger partial charge in [0.2, 0.25) is 5.43 Å². The molecule has 0 fully saturated rings. The molecular formula is C26H30O8. The maximum absolute atomic E-state index is 13.8. The predicted octanol–water partition coefficient (Wildman–Crippen LogP) is 3.40. The number of fused-ring (bicyclic) bond motifs is 4. The number of aromatic hydroxyl groups is 1. The fourth-order valence-corrected chi connectivity index (χ4v) is 4.63. The van der Waals surface area contributed by atoms with Crippen LogP contribution >= 0.6 is 0 Å². The van der Waals surface area contributed by atoms with E-state index in [0.29, 0.717) is 22.4 Å². The van der Waals surface area contributed by atoms with E-state index in [2.05, 4.69) is 6.58 Å². The fraction of sp³-hybridized carbons (Fsp3) is 0.423. The number of phenols is 1. The van der Waals surface area contributed by atoms with Crippen molar-refractivity contribution in [1.29, 1.82) is 0 Å². The highest BCUT2D eigenvalue weighted by molar-refractivity contribution is 5.97. The van der Waals surface area contributed by atoms with Gasteiger partial charge in [-0.2, -0.15) is 0 Å². The number of hydrogen-bond donors (Lipinski definition) is 4. The predicted molar refractivity (Wildman–Crippen MR) is 127 cm³/mol. The Hall–Kier alpha value is -2.91. The van der Waals surface area contributed by atoms with E-state index in [1.807, 2.05) is 0 Å². The van der Waals surface area contributed by atoms with Crippen LogP contribution in [0.3, 0.4) is 0 Å². The number of rotatable bonds is 5. The van der Waals surface area contributed by atoms with Crippen LogP contribution in [-0.2, 0) is 4.74 Å². The van der Waals surface area contributed by atoms with Crippen molar-refractivity contribution in [3.63, 3.8) is 0 Å². The van der Waals surface area contributed by atoms with E-state index in [-0.39, 0.29) is 39.9 Å². The molecule has 0 aliphatic carbocycles. The Kier molecular flexibility index (Phi) is 5.98. The van der Waals surface area contributed by atoms with Gasteiger partial charge in [0.05, 0.1) is 23.7 Å². The van der Waals surface area contributed by atoms with Gasteiger partial charge in [0.15, 0.2) is 0 Å². The van der Waals surface area contributed by atoms with Crippen molar-refractivity contribution in [2.24, 2.45) is 5.92 Å². The normalized spacial score (nSPS) is 20.1. The molecule has 2 heterocycles. The largest absolute Gasteiger partial charge is 0.507 e. The minimum Gasteiger partial charge on any atom is -0.507 e. The van der Waals surface area contributed by atoms with Crippen LogP contribution < -0.4 is 10.2 Å². The van der Waals surface area contributed by atoms with Crippen LogP contribution in [0.4, 0.5) is 0 Å². The number of benzene rings is 2. The maximum atomic E-state index is 13.8. The summed E-state index contributed by atoms with van der Waals surface area (Å²) in [6.45, 7) is 10.6. The number of aryl methyl sites for hydroxylation is 1. The Morgan fingerprint density at radius 3 is 2.56 bits per heavy atom. The lowest BCUT2D eigenvalue weighted by molar-refractivity contribution is -0.118. The summed E-state index contributed by atoms with van der Waals surface area (Å²) in [6, 6.07) is 4.44. The zero-order valence-corrected chi connectivity index (χ0v) is 19.9. The molecule has 1 aliphatic rings. The lowest BCUT2D eigenvalue weighted by Crippen LogP contribution is -2.41. The summed E-state index contributed by atoms with van der Waals surface area (Å²) < 4.78 is 17.5. The third kappa shape index (κ3) is 3.67. The second-order valence-electron chi connectivity index (χ2n) is 9.58. The standard InChI is InChI=1S/C26H30O8/c1-11(2)14-10-33-22-12(3)9-16-18(19(22)20(14)28)21(29)17-15(27)8-7-13(23(17)34-16)24(32-6)25(30)26(4,5)31/h7-9,14,20,24-25,27-28,30-31H,1,10H2,2-6H3/t14-,20-,24-,25-/m1/s1. The molecule has 8 heteroatoms. The van der Waals surface area contributed by atoms with Gasteiger partial charge in [0.1, 0.15) is 40.3 Å². The fourth-order valence-electron chi connectivity index (χ4n) is 4.63. The molecular weight excluding hydrogens is 440 g/mol. The zero-order chi connectivity index (χ0) is 25.1. The summed E-state index contributed by atoms with van der Waals surface area (Å²) in [6.07, 6.45) is -3.45. The third-order valence-corrected chi connectivity index (χ3v) is 6.59. The summed E-state index contributed by atoms with van der Waals surface area (Å²) >= 11 is 0. The average Bonchev–Trinajstić information content (AvgIpc) is 2.75. The van der Waals surface area contributed by atoms with E-state index >= 15 is 0 Å². The lowest BCUT2D eigenvalue weighted by atomic mass is 9.85. The molecule has 0 radical (unpaired) electrons. The first-order chi connectivity index (χ1) is 15.9. The first kappa shape index (κ1) is 24.2. The van der Waals surface area contributed by atoms with Crippen molar-refractivity contribution in [2.45, 2.75) is 51.6 Å². The van der Waals surface area contributed by atoms with E-state index in [1.165, 1.54) is 33.1 Å². The van der Waals surface area contributed by atoms with Crippen LogP contribution in [-0.4, -0.2) is 45.8 Å². The molecule has 182 valence electrons. The van der Waals surface area contributed by atoms with Crippen molar-refractivity contribution in [1.82, 2.24) is 0 Å². The molecule has 2 aromatic carbocycles. The molecule has 34 heavy (non-hydrogen) atoms. The molecule has 0 unspecified atom stereocenters. The van der Waals surface area contributed by atoms with E-state index in [0.717, 1.165) is 0 Å². The number of hydrogen-bond acceptors (Lipinski definition) is 8. The van der Waals surface area contributed by atoms with Gasteiger partial charge in [-0.25, -0.2) is 0 Å². The Labute approximate surface area is 196 Å². The topological polar surface area (TPSA) is 130 Å². The molecule has 0 amide bonds. The molecule has 4 atom stereocenters. The van der Waals surface area contributed by atoms with Crippen LogP contribution in [0.1, 0.15) is 49.7 Å². The summed E-state index contributed by atoms with van der Waals surface area (Å²) in [7, 11) is 1.36. The third-order valence-electron chi connectivity index (χ3n) is 6.59. The first-order valence-corrected chi connectivity index (χ1v) is 11.0. The zero-order valence-electron chi connectivity index (χ0n) is 19.9. The second-order valence-corrected chi connectivity index (χ2v) is 9.58. The number of ether oxygens (including phenoxy) is 2. The van der Waals surface area contributed by atoms with E-state index in [9.17, 15) is 25.2 Å². The highest BCUT2D eigenvalue weighted by Crippen LogP contribution is 2.45. The monoisotopic (exact) mass is 470 g/mol. The number of phenolic OH excluding ortho intramolecular Hbond substituents is 1. The number of aliphatic hydroxyl groups is 3. The van der Waals surface area contributed by atoms with Crippen LogP contribution in [0.15, 0.2) is 39.6 Å². The van der Waals surface area contributed by atoms with Gasteiger partial charge in [-0.15, -0.1) is 0 Å². The molecule has 4 N–H and O–H groups in total. The van der Waals surface area contributed by atoms with Crippen molar-refractivity contribution in [2.75, 3.05) is 13.7 Å². The molecule has 0 saturated heterocycles. The van der Waals surface area contributed by atoms with Gasteiger partial charge in [-0.3, -0.25) is 4.79 Å². The Morgan fingerprint density at radius 2 is 1.97 bits per heavy atom. The van der Waals surface area contributed by atoms with Crippen LogP contribution in [0.25, 0.3) is 21.9 Å². The van der Waals surface area contributed by atoms with Gasteiger partial charge >= 0.3 is 0 Å². The minimum atomic E-state index is -1.52. The van der Waals surface area contributed by atoms with Crippen molar-refractivity contribution in [3.05, 3.63) is 57.3 Å². The molecule has 0 spiro atoms. The number of aliphatic hydroxyl groups excluding tert-OH is 2. The molecule has 0 bridgehead atoms. The van der Waals surface area contributed by atoms with Gasteiger partial charge < -0.3 is 34.3 Å².